The van der Waals surface area contributed by atoms with Crippen LogP contribution in [0.1, 0.15) is 65.6 Å². The first kappa shape index (κ1) is 18.7. The Hall–Kier alpha value is -2.63. The molecule has 1 aromatic heterocycles. The molecule has 28 heavy (non-hydrogen) atoms. The minimum absolute atomic E-state index is 0.0141. The van der Waals surface area contributed by atoms with E-state index in [2.05, 4.69) is 5.16 Å². The van der Waals surface area contributed by atoms with E-state index in [-0.39, 0.29) is 18.3 Å². The van der Waals surface area contributed by atoms with Crippen LogP contribution in [0.2, 0.25) is 0 Å². The number of rotatable bonds is 5. The zero-order valence-electron chi connectivity index (χ0n) is 16.2. The molecule has 1 aliphatic carbocycles. The van der Waals surface area contributed by atoms with Gasteiger partial charge in [0.15, 0.2) is 17.2 Å². The zero-order valence-corrected chi connectivity index (χ0v) is 16.2. The number of benzene rings is 1. The molecule has 0 spiro atoms. The van der Waals surface area contributed by atoms with Gasteiger partial charge in [0.05, 0.1) is 0 Å². The van der Waals surface area contributed by atoms with E-state index in [0.29, 0.717) is 28.7 Å². The smallest absolute Gasteiger partial charge is 0.276 e. The SMILES string of the molecule is CC(=O)c1cccc(OCc2cc(C(=O)N3CC[C@@H]4CCCC[C@H]4C3)no2)c1. The van der Waals surface area contributed by atoms with E-state index in [1.807, 2.05) is 4.90 Å². The molecule has 1 saturated heterocycles. The number of amides is 1. The maximum atomic E-state index is 12.8. The summed E-state index contributed by atoms with van der Waals surface area (Å²) in [4.78, 5) is 26.2. The summed E-state index contributed by atoms with van der Waals surface area (Å²) in [5.74, 6) is 2.41. The van der Waals surface area contributed by atoms with Crippen LogP contribution < -0.4 is 4.74 Å². The second-order valence-corrected chi connectivity index (χ2v) is 7.90. The molecule has 2 heterocycles. The second-order valence-electron chi connectivity index (χ2n) is 7.90. The molecule has 4 rings (SSSR count). The Labute approximate surface area is 164 Å². The minimum atomic E-state index is -0.0578. The largest absolute Gasteiger partial charge is 0.486 e. The van der Waals surface area contributed by atoms with Gasteiger partial charge in [0.1, 0.15) is 12.4 Å². The van der Waals surface area contributed by atoms with Crippen molar-refractivity contribution >= 4 is 11.7 Å². The summed E-state index contributed by atoms with van der Waals surface area (Å²) in [5, 5.41) is 3.95. The molecule has 2 atom stereocenters. The van der Waals surface area contributed by atoms with Crippen molar-refractivity contribution in [3.63, 3.8) is 0 Å². The normalized spacial score (nSPS) is 21.8. The number of carbonyl (C=O) groups excluding carboxylic acids is 2. The molecular weight excluding hydrogens is 356 g/mol. The summed E-state index contributed by atoms with van der Waals surface area (Å²) in [6.45, 7) is 3.31. The first-order chi connectivity index (χ1) is 13.6. The predicted octanol–water partition coefficient (Wildman–Crippen LogP) is 4.11. The predicted molar refractivity (Wildman–Crippen MR) is 103 cm³/mol. The van der Waals surface area contributed by atoms with Crippen LogP contribution in [0.25, 0.3) is 0 Å². The number of aromatic nitrogens is 1. The van der Waals surface area contributed by atoms with Crippen LogP contribution in [-0.4, -0.2) is 34.8 Å². The van der Waals surface area contributed by atoms with Crippen LogP contribution >= 0.6 is 0 Å². The van der Waals surface area contributed by atoms with Gasteiger partial charge in [-0.25, -0.2) is 0 Å². The summed E-state index contributed by atoms with van der Waals surface area (Å²) < 4.78 is 11.0. The zero-order chi connectivity index (χ0) is 19.5. The number of nitrogens with zero attached hydrogens (tertiary/aromatic N) is 2. The average molecular weight is 382 g/mol. The average Bonchev–Trinajstić information content (AvgIpc) is 3.20. The van der Waals surface area contributed by atoms with Gasteiger partial charge in [-0.1, -0.05) is 36.6 Å². The van der Waals surface area contributed by atoms with Gasteiger partial charge in [-0.3, -0.25) is 9.59 Å². The van der Waals surface area contributed by atoms with Gasteiger partial charge in [0.25, 0.3) is 5.91 Å². The van der Waals surface area contributed by atoms with Crippen molar-refractivity contribution in [2.24, 2.45) is 11.8 Å². The van der Waals surface area contributed by atoms with E-state index in [1.165, 1.54) is 32.6 Å². The lowest BCUT2D eigenvalue weighted by molar-refractivity contribution is 0.0511. The molecule has 2 fully saturated rings. The molecule has 2 aromatic rings. The Morgan fingerprint density at radius 2 is 2.00 bits per heavy atom. The first-order valence-electron chi connectivity index (χ1n) is 10.1. The fourth-order valence-corrected chi connectivity index (χ4v) is 4.39. The molecule has 0 unspecified atom stereocenters. The van der Waals surface area contributed by atoms with Gasteiger partial charge in [-0.15, -0.1) is 0 Å². The van der Waals surface area contributed by atoms with E-state index >= 15 is 0 Å². The van der Waals surface area contributed by atoms with Crippen molar-refractivity contribution in [3.05, 3.63) is 47.3 Å². The van der Waals surface area contributed by atoms with Crippen LogP contribution in [0.3, 0.4) is 0 Å². The van der Waals surface area contributed by atoms with Crippen LogP contribution in [0.4, 0.5) is 0 Å². The highest BCUT2D eigenvalue weighted by molar-refractivity contribution is 5.94. The monoisotopic (exact) mass is 382 g/mol. The van der Waals surface area contributed by atoms with Crippen molar-refractivity contribution in [3.8, 4) is 5.75 Å². The van der Waals surface area contributed by atoms with E-state index in [0.717, 1.165) is 25.4 Å². The summed E-state index contributed by atoms with van der Waals surface area (Å²) in [6.07, 6.45) is 6.24. The number of hydrogen-bond donors (Lipinski definition) is 0. The number of ether oxygens (including phenoxy) is 1. The third-order valence-electron chi connectivity index (χ3n) is 5.98. The van der Waals surface area contributed by atoms with Gasteiger partial charge in [0.2, 0.25) is 0 Å². The van der Waals surface area contributed by atoms with Crippen molar-refractivity contribution < 1.29 is 18.8 Å². The molecule has 6 heteroatoms. The fourth-order valence-electron chi connectivity index (χ4n) is 4.39. The van der Waals surface area contributed by atoms with Crippen LogP contribution in [0, 0.1) is 11.8 Å². The topological polar surface area (TPSA) is 72.6 Å². The van der Waals surface area contributed by atoms with E-state index in [1.54, 1.807) is 30.3 Å². The summed E-state index contributed by atoms with van der Waals surface area (Å²) in [6, 6.07) is 8.65. The van der Waals surface area contributed by atoms with Crippen LogP contribution in [-0.2, 0) is 6.61 Å². The quantitative estimate of drug-likeness (QED) is 0.728. The van der Waals surface area contributed by atoms with Gasteiger partial charge in [-0.05, 0) is 43.7 Å². The lowest BCUT2D eigenvalue weighted by atomic mass is 9.75. The van der Waals surface area contributed by atoms with Gasteiger partial charge < -0.3 is 14.2 Å². The number of ketones is 1. The highest BCUT2D eigenvalue weighted by Crippen LogP contribution is 2.36. The maximum Gasteiger partial charge on any atom is 0.276 e. The Morgan fingerprint density at radius 1 is 1.18 bits per heavy atom. The number of Topliss-reactive ketones (excluding diaryl/α,β-unsaturated/α-hetero) is 1. The molecule has 1 aliphatic heterocycles. The second kappa shape index (κ2) is 8.17. The van der Waals surface area contributed by atoms with E-state index in [4.69, 9.17) is 9.26 Å². The highest BCUT2D eigenvalue weighted by Gasteiger charge is 2.34. The number of piperidine rings is 1. The van der Waals surface area contributed by atoms with Crippen LogP contribution in [0.5, 0.6) is 5.75 Å². The van der Waals surface area contributed by atoms with Gasteiger partial charge in [0, 0.05) is 24.7 Å². The fraction of sp³-hybridized carbons (Fsp3) is 0.500. The Bertz CT molecular complexity index is 860. The molecule has 6 nitrogen and oxygen atoms in total. The Kier molecular flexibility index (Phi) is 5.46. The number of fused-ring (bicyclic) bond motifs is 1. The first-order valence-corrected chi connectivity index (χ1v) is 10.1. The summed E-state index contributed by atoms with van der Waals surface area (Å²) in [7, 11) is 0. The third kappa shape index (κ3) is 4.11. The minimum Gasteiger partial charge on any atom is -0.486 e. The lowest BCUT2D eigenvalue weighted by Gasteiger charge is -2.41. The molecule has 1 amide bonds. The number of carbonyl (C=O) groups is 2. The number of likely N-dealkylation sites (tertiary alicyclic amines) is 1. The lowest BCUT2D eigenvalue weighted by Crippen LogP contribution is -2.44. The van der Waals surface area contributed by atoms with Crippen LogP contribution in [0.15, 0.2) is 34.9 Å². The highest BCUT2D eigenvalue weighted by atomic mass is 16.5. The molecule has 2 aliphatic rings. The van der Waals surface area contributed by atoms with Crippen molar-refractivity contribution in [2.75, 3.05) is 13.1 Å². The molecule has 0 N–H and O–H groups in total. The third-order valence-corrected chi connectivity index (χ3v) is 5.98. The summed E-state index contributed by atoms with van der Waals surface area (Å²) >= 11 is 0. The Balaban J connectivity index is 1.35. The molecular formula is C22H26N2O4. The number of hydrogen-bond acceptors (Lipinski definition) is 5. The van der Waals surface area contributed by atoms with Crippen molar-refractivity contribution in [2.45, 2.75) is 45.6 Å². The molecule has 0 bridgehead atoms. The molecule has 1 aromatic carbocycles. The van der Waals surface area contributed by atoms with E-state index < -0.39 is 0 Å². The summed E-state index contributed by atoms with van der Waals surface area (Å²) in [5.41, 5.74) is 0.933. The Morgan fingerprint density at radius 3 is 2.82 bits per heavy atom. The molecule has 148 valence electrons. The maximum absolute atomic E-state index is 12.8. The van der Waals surface area contributed by atoms with Gasteiger partial charge in [-0.2, -0.15) is 0 Å². The van der Waals surface area contributed by atoms with Gasteiger partial charge >= 0.3 is 0 Å². The molecule has 0 radical (unpaired) electrons. The molecule has 1 saturated carbocycles. The van der Waals surface area contributed by atoms with Crippen molar-refractivity contribution in [1.82, 2.24) is 10.1 Å². The van der Waals surface area contributed by atoms with Crippen molar-refractivity contribution in [1.29, 1.82) is 0 Å². The standard InChI is InChI=1S/C22H26N2O4/c1-15(25)17-7-4-8-19(11-17)27-14-20-12-21(23-28-20)22(26)24-10-9-16-5-2-3-6-18(16)13-24/h4,7-8,11-12,16,18H,2-3,5-6,9-10,13-14H2,1H3/t16-,18-/m0/s1. The van der Waals surface area contributed by atoms with E-state index in [9.17, 15) is 9.59 Å².